The number of Topliss-reactive ketones (excluding diaryl/α,β-unsaturated/α-hetero) is 1. The number of rotatable bonds is 14. The van der Waals surface area contributed by atoms with Crippen LogP contribution >= 0.6 is 0 Å². The van der Waals surface area contributed by atoms with Gasteiger partial charge >= 0.3 is 11.9 Å². The molecule has 3 aliphatic carbocycles. The minimum atomic E-state index is -1.24. The largest absolute Gasteiger partial charge is 0.508 e. The molecule has 0 spiro atoms. The number of phenolic OH excluding ortho intramolecular Hbond substituents is 1. The number of ketones is 1. The molecule has 0 aliphatic heterocycles. The molecule has 40 heavy (non-hydrogen) atoms. The van der Waals surface area contributed by atoms with Crippen LogP contribution in [0.5, 0.6) is 11.5 Å². The Morgan fingerprint density at radius 1 is 1.18 bits per heavy atom. The predicted octanol–water partition coefficient (Wildman–Crippen LogP) is 5.65. The van der Waals surface area contributed by atoms with Crippen LogP contribution in [0, 0.1) is 33.3 Å². The van der Waals surface area contributed by atoms with Crippen molar-refractivity contribution in [2.45, 2.75) is 97.8 Å². The van der Waals surface area contributed by atoms with E-state index in [0.717, 1.165) is 19.3 Å². The second kappa shape index (κ2) is 12.6. The Morgan fingerprint density at radius 3 is 2.38 bits per heavy atom. The number of hydrogen-bond donors (Lipinski definition) is 1. The first-order chi connectivity index (χ1) is 18.7. The van der Waals surface area contributed by atoms with Gasteiger partial charge in [0, 0.05) is 30.2 Å². The van der Waals surface area contributed by atoms with Crippen LogP contribution in [0.1, 0.15) is 104 Å². The Hall–Kier alpha value is -3.17. The molecule has 1 N–H and O–H groups in total. The summed E-state index contributed by atoms with van der Waals surface area (Å²) in [6.07, 6.45) is 4.12. The number of carbonyl (C=O) groups is 3. The molecular weight excluding hydrogens is 518 g/mol. The van der Waals surface area contributed by atoms with Gasteiger partial charge in [0.25, 0.3) is 5.09 Å². The Morgan fingerprint density at radius 2 is 1.82 bits per heavy atom. The van der Waals surface area contributed by atoms with Gasteiger partial charge in [0.2, 0.25) is 0 Å². The van der Waals surface area contributed by atoms with E-state index in [2.05, 4.69) is 18.7 Å². The molecule has 4 rings (SSSR count). The second-order valence-electron chi connectivity index (χ2n) is 12.3. The van der Waals surface area contributed by atoms with Crippen molar-refractivity contribution < 1.29 is 38.9 Å². The van der Waals surface area contributed by atoms with Crippen molar-refractivity contribution in [2.24, 2.45) is 23.2 Å². The summed E-state index contributed by atoms with van der Waals surface area (Å²) >= 11 is 0. The number of carbonyl (C=O) groups excluding carboxylic acids is 3. The van der Waals surface area contributed by atoms with E-state index in [4.69, 9.17) is 9.47 Å². The molecule has 222 valence electrons. The normalized spacial score (nSPS) is 21.5. The standard InChI is InChI=1S/C30H43NO9/c1-7-10-18(11-8-2)27(34)40-25-15-19(29(3,4)28(35)38-12-9-13-39-31(36)37)14-24(33)26(25)20-16-23(32)22-17-21(20)30(22,5)6/h14-15,18,20-22,33H,7-13,16-17H2,1-6H3/t20-,21-,22+/m0/s1. The molecule has 2 bridgehead atoms. The maximum absolute atomic E-state index is 13.3. The second-order valence-corrected chi connectivity index (χ2v) is 12.3. The number of nitrogens with zero attached hydrogens (tertiary/aromatic N) is 1. The Kier molecular flexibility index (Phi) is 9.85. The van der Waals surface area contributed by atoms with Crippen molar-refractivity contribution in [3.63, 3.8) is 0 Å². The lowest BCUT2D eigenvalue weighted by Gasteiger charge is -2.59. The summed E-state index contributed by atoms with van der Waals surface area (Å²) in [5.74, 6) is -1.25. The summed E-state index contributed by atoms with van der Waals surface area (Å²) < 4.78 is 11.4. The van der Waals surface area contributed by atoms with Crippen molar-refractivity contribution in [1.29, 1.82) is 0 Å². The van der Waals surface area contributed by atoms with Crippen LogP contribution in [-0.4, -0.2) is 41.1 Å². The van der Waals surface area contributed by atoms with Crippen LogP contribution in [0.25, 0.3) is 0 Å². The van der Waals surface area contributed by atoms with E-state index >= 15 is 0 Å². The van der Waals surface area contributed by atoms with E-state index in [1.54, 1.807) is 19.9 Å². The summed E-state index contributed by atoms with van der Waals surface area (Å²) in [4.78, 5) is 53.9. The fourth-order valence-electron chi connectivity index (χ4n) is 6.35. The highest BCUT2D eigenvalue weighted by molar-refractivity contribution is 5.87. The topological polar surface area (TPSA) is 142 Å². The van der Waals surface area contributed by atoms with E-state index in [9.17, 15) is 29.6 Å². The quantitative estimate of drug-likeness (QED) is 0.100. The molecule has 1 aromatic carbocycles. The molecule has 0 radical (unpaired) electrons. The SMILES string of the molecule is CCCC(CCC)C(=O)Oc1cc(C(C)(C)C(=O)OCCCO[N+](=O)[O-])cc(O)c1[C@H]1CC(=O)[C@H]2C[C@@H]1C2(C)C. The number of fused-ring (bicyclic) bond motifs is 2. The first kappa shape index (κ1) is 31.4. The highest BCUT2D eigenvalue weighted by Gasteiger charge is 2.59. The van der Waals surface area contributed by atoms with Gasteiger partial charge in [-0.1, -0.05) is 40.5 Å². The zero-order valence-electron chi connectivity index (χ0n) is 24.5. The van der Waals surface area contributed by atoms with Crippen LogP contribution in [0.4, 0.5) is 0 Å². The van der Waals surface area contributed by atoms with E-state index < -0.39 is 16.5 Å². The zero-order chi connectivity index (χ0) is 29.8. The summed E-state index contributed by atoms with van der Waals surface area (Å²) in [5.41, 5.74) is -0.634. The lowest BCUT2D eigenvalue weighted by atomic mass is 9.44. The van der Waals surface area contributed by atoms with Gasteiger partial charge in [-0.25, -0.2) is 0 Å². The van der Waals surface area contributed by atoms with E-state index in [1.165, 1.54) is 6.07 Å². The molecule has 1 aromatic rings. The molecule has 0 unspecified atom stereocenters. The maximum Gasteiger partial charge on any atom is 0.315 e. The molecular formula is C30H43NO9. The van der Waals surface area contributed by atoms with Crippen LogP contribution in [-0.2, 0) is 29.4 Å². The number of hydrogen-bond acceptors (Lipinski definition) is 9. The van der Waals surface area contributed by atoms with Crippen LogP contribution in [0.15, 0.2) is 12.1 Å². The highest BCUT2D eigenvalue weighted by atomic mass is 16.9. The highest BCUT2D eigenvalue weighted by Crippen LogP contribution is 2.64. The molecule has 0 heterocycles. The zero-order valence-corrected chi connectivity index (χ0v) is 24.5. The first-order valence-electron chi connectivity index (χ1n) is 14.3. The summed E-state index contributed by atoms with van der Waals surface area (Å²) in [6.45, 7) is 11.1. The average molecular weight is 562 g/mol. The smallest absolute Gasteiger partial charge is 0.315 e. The van der Waals surface area contributed by atoms with Crippen molar-refractivity contribution in [1.82, 2.24) is 0 Å². The van der Waals surface area contributed by atoms with Crippen molar-refractivity contribution in [3.05, 3.63) is 33.4 Å². The fourth-order valence-corrected chi connectivity index (χ4v) is 6.35. The lowest BCUT2D eigenvalue weighted by Crippen LogP contribution is -2.56. The van der Waals surface area contributed by atoms with Gasteiger partial charge in [-0.2, -0.15) is 0 Å². The van der Waals surface area contributed by atoms with Crippen LogP contribution in [0.3, 0.4) is 0 Å². The number of aromatic hydroxyl groups is 1. The Bertz CT molecular complexity index is 1120. The summed E-state index contributed by atoms with van der Waals surface area (Å²) in [7, 11) is 0. The summed E-state index contributed by atoms with van der Waals surface area (Å²) in [6, 6.07) is 3.10. The fraction of sp³-hybridized carbons (Fsp3) is 0.700. The van der Waals surface area contributed by atoms with Gasteiger partial charge in [-0.3, -0.25) is 14.4 Å². The molecule has 0 saturated heterocycles. The molecule has 3 fully saturated rings. The van der Waals surface area contributed by atoms with Crippen LogP contribution < -0.4 is 4.74 Å². The number of benzene rings is 1. The number of ether oxygens (including phenoxy) is 2. The molecule has 10 heteroatoms. The van der Waals surface area contributed by atoms with Crippen LogP contribution in [0.2, 0.25) is 0 Å². The minimum Gasteiger partial charge on any atom is -0.508 e. The Balaban J connectivity index is 1.96. The number of esters is 2. The molecule has 10 nitrogen and oxygen atoms in total. The van der Waals surface area contributed by atoms with Gasteiger partial charge < -0.3 is 19.4 Å². The maximum atomic E-state index is 13.3. The molecule has 3 atom stereocenters. The van der Waals surface area contributed by atoms with Gasteiger partial charge in [0.1, 0.15) is 17.3 Å². The van der Waals surface area contributed by atoms with Gasteiger partial charge in [-0.15, -0.1) is 10.1 Å². The third-order valence-corrected chi connectivity index (χ3v) is 8.90. The van der Waals surface area contributed by atoms with E-state index in [-0.39, 0.29) is 78.4 Å². The third kappa shape index (κ3) is 6.41. The van der Waals surface area contributed by atoms with E-state index in [0.29, 0.717) is 24.0 Å². The van der Waals surface area contributed by atoms with Crippen molar-refractivity contribution in [3.8, 4) is 11.5 Å². The minimum absolute atomic E-state index is 0.00381. The van der Waals surface area contributed by atoms with Gasteiger partial charge in [-0.05, 0) is 62.1 Å². The van der Waals surface area contributed by atoms with E-state index in [1.807, 2.05) is 13.8 Å². The average Bonchev–Trinajstić information content (AvgIpc) is 2.87. The molecule has 3 saturated carbocycles. The Labute approximate surface area is 235 Å². The number of phenols is 1. The third-order valence-electron chi connectivity index (χ3n) is 8.90. The van der Waals surface area contributed by atoms with Crippen molar-refractivity contribution in [2.75, 3.05) is 13.2 Å². The summed E-state index contributed by atoms with van der Waals surface area (Å²) in [5, 5.41) is 20.8. The predicted molar refractivity (Wildman–Crippen MR) is 146 cm³/mol. The molecule has 0 aromatic heterocycles. The van der Waals surface area contributed by atoms with Crippen molar-refractivity contribution >= 4 is 17.7 Å². The van der Waals surface area contributed by atoms with Gasteiger partial charge in [0.15, 0.2) is 0 Å². The lowest BCUT2D eigenvalue weighted by molar-refractivity contribution is -0.757. The molecule has 3 aliphatic rings. The molecule has 0 amide bonds. The van der Waals surface area contributed by atoms with Gasteiger partial charge in [0.05, 0.1) is 24.5 Å². The first-order valence-corrected chi connectivity index (χ1v) is 14.3. The monoisotopic (exact) mass is 561 g/mol.